The summed E-state index contributed by atoms with van der Waals surface area (Å²) in [6.07, 6.45) is -0.534. The third-order valence-corrected chi connectivity index (χ3v) is 2.27. The highest BCUT2D eigenvalue weighted by Crippen LogP contribution is 2.15. The highest BCUT2D eigenvalue weighted by Gasteiger charge is 2.31. The van der Waals surface area contributed by atoms with E-state index in [4.69, 9.17) is 9.47 Å². The zero-order valence-electron chi connectivity index (χ0n) is 10.8. The lowest BCUT2D eigenvalue weighted by Gasteiger charge is -2.36. The van der Waals surface area contributed by atoms with Gasteiger partial charge in [0, 0.05) is 6.54 Å². The minimum Gasteiger partial charge on any atom is -0.444 e. The van der Waals surface area contributed by atoms with Gasteiger partial charge >= 0.3 is 12.7 Å². The van der Waals surface area contributed by atoms with Crippen molar-refractivity contribution in [2.45, 2.75) is 39.0 Å². The normalized spacial score (nSPS) is 21.2. The Morgan fingerprint density at radius 2 is 2.17 bits per heavy atom. The first-order valence-electron chi connectivity index (χ1n) is 5.77. The summed E-state index contributed by atoms with van der Waals surface area (Å²) < 4.78 is 38.6. The summed E-state index contributed by atoms with van der Waals surface area (Å²) >= 11 is 0. The molecule has 1 amide bonds. The Morgan fingerprint density at radius 1 is 1.50 bits per heavy atom. The maximum atomic E-state index is 12.0. The average Bonchev–Trinajstić information content (AvgIpc) is 2.24. The van der Waals surface area contributed by atoms with Crippen LogP contribution >= 0.6 is 0 Å². The van der Waals surface area contributed by atoms with Gasteiger partial charge in [0.05, 0.1) is 25.9 Å². The molecule has 0 aromatic carbocycles. The summed E-state index contributed by atoms with van der Waals surface area (Å²) in [5, 5.41) is 0. The third kappa shape index (κ3) is 5.14. The molecule has 0 aliphatic carbocycles. The molecule has 0 spiro atoms. The summed E-state index contributed by atoms with van der Waals surface area (Å²) in [5.74, 6) is 0. The fraction of sp³-hybridized carbons (Fsp3) is 0.909. The molecule has 0 aromatic rings. The number of hydrogen-bond acceptors (Lipinski definition) is 4. The van der Waals surface area contributed by atoms with Crippen molar-refractivity contribution in [3.8, 4) is 0 Å². The minimum atomic E-state index is -2.85. The number of morpholine rings is 1. The van der Waals surface area contributed by atoms with Gasteiger partial charge in [0.1, 0.15) is 5.60 Å². The van der Waals surface area contributed by atoms with Crippen LogP contribution in [0, 0.1) is 0 Å². The number of alkyl halides is 2. The molecule has 7 heteroatoms. The van der Waals surface area contributed by atoms with E-state index in [1.165, 1.54) is 4.90 Å². The Morgan fingerprint density at radius 3 is 2.72 bits per heavy atom. The molecule has 18 heavy (non-hydrogen) atoms. The van der Waals surface area contributed by atoms with Crippen LogP contribution in [0.15, 0.2) is 0 Å². The van der Waals surface area contributed by atoms with Crippen LogP contribution in [0.25, 0.3) is 0 Å². The lowest BCUT2D eigenvalue weighted by Crippen LogP contribution is -2.52. The number of hydrogen-bond donors (Lipinski definition) is 0. The van der Waals surface area contributed by atoms with Crippen LogP contribution in [-0.2, 0) is 14.2 Å². The molecule has 1 rings (SSSR count). The molecule has 0 radical (unpaired) electrons. The molecule has 1 atom stereocenters. The van der Waals surface area contributed by atoms with Crippen molar-refractivity contribution in [2.75, 3.05) is 26.4 Å². The van der Waals surface area contributed by atoms with E-state index in [0.717, 1.165) is 0 Å². The molecule has 1 fully saturated rings. The van der Waals surface area contributed by atoms with Gasteiger partial charge in [-0.25, -0.2) is 4.79 Å². The van der Waals surface area contributed by atoms with E-state index in [1.54, 1.807) is 20.8 Å². The zero-order valence-corrected chi connectivity index (χ0v) is 10.8. The van der Waals surface area contributed by atoms with Crippen LogP contribution in [0.5, 0.6) is 0 Å². The van der Waals surface area contributed by atoms with Crippen molar-refractivity contribution in [2.24, 2.45) is 0 Å². The monoisotopic (exact) mass is 267 g/mol. The van der Waals surface area contributed by atoms with E-state index in [0.29, 0.717) is 13.2 Å². The molecule has 0 aromatic heterocycles. The number of carbonyl (C=O) groups is 1. The standard InChI is InChI=1S/C11H19F2NO4/c1-11(2,3)18-10(15)14-4-5-16-6-8(14)7-17-9(12)13/h8-9H,4-7H2,1-3H3/t8-/m0/s1. The summed E-state index contributed by atoms with van der Waals surface area (Å²) in [7, 11) is 0. The molecular weight excluding hydrogens is 248 g/mol. The number of nitrogens with zero attached hydrogens (tertiary/aromatic N) is 1. The molecule has 1 aliphatic heterocycles. The van der Waals surface area contributed by atoms with Crippen molar-refractivity contribution in [3.63, 3.8) is 0 Å². The molecule has 0 bridgehead atoms. The first-order valence-corrected chi connectivity index (χ1v) is 5.77. The summed E-state index contributed by atoms with van der Waals surface area (Å²) in [6, 6.07) is -0.539. The van der Waals surface area contributed by atoms with Gasteiger partial charge in [-0.3, -0.25) is 4.90 Å². The summed E-state index contributed by atoms with van der Waals surface area (Å²) in [5.41, 5.74) is -0.622. The number of carbonyl (C=O) groups excluding carboxylic acids is 1. The molecule has 106 valence electrons. The van der Waals surface area contributed by atoms with Gasteiger partial charge < -0.3 is 14.2 Å². The Kier molecular flexibility index (Phi) is 5.28. The van der Waals surface area contributed by atoms with Crippen molar-refractivity contribution < 1.29 is 27.8 Å². The van der Waals surface area contributed by atoms with Crippen LogP contribution in [0.4, 0.5) is 13.6 Å². The van der Waals surface area contributed by atoms with E-state index in [9.17, 15) is 13.6 Å². The van der Waals surface area contributed by atoms with E-state index >= 15 is 0 Å². The molecule has 1 aliphatic rings. The van der Waals surface area contributed by atoms with Crippen LogP contribution in [0.3, 0.4) is 0 Å². The number of ether oxygens (including phenoxy) is 3. The Hall–Kier alpha value is -0.950. The maximum absolute atomic E-state index is 12.0. The van der Waals surface area contributed by atoms with Crippen molar-refractivity contribution in [3.05, 3.63) is 0 Å². The van der Waals surface area contributed by atoms with Gasteiger partial charge in [-0.05, 0) is 20.8 Å². The Balaban J connectivity index is 2.55. The van der Waals surface area contributed by atoms with Gasteiger partial charge in [0.2, 0.25) is 0 Å². The minimum absolute atomic E-state index is 0.173. The van der Waals surface area contributed by atoms with E-state index in [2.05, 4.69) is 4.74 Å². The summed E-state index contributed by atoms with van der Waals surface area (Å²) in [6.45, 7) is 2.97. The van der Waals surface area contributed by atoms with Gasteiger partial charge in [-0.15, -0.1) is 0 Å². The second-order valence-corrected chi connectivity index (χ2v) is 5.00. The highest BCUT2D eigenvalue weighted by atomic mass is 19.3. The first kappa shape index (κ1) is 15.1. The maximum Gasteiger partial charge on any atom is 0.410 e. The van der Waals surface area contributed by atoms with Gasteiger partial charge in [-0.1, -0.05) is 0 Å². The molecule has 1 heterocycles. The largest absolute Gasteiger partial charge is 0.444 e. The highest BCUT2D eigenvalue weighted by molar-refractivity contribution is 5.68. The molecule has 5 nitrogen and oxygen atoms in total. The second-order valence-electron chi connectivity index (χ2n) is 5.00. The van der Waals surface area contributed by atoms with Gasteiger partial charge in [-0.2, -0.15) is 8.78 Å². The van der Waals surface area contributed by atoms with E-state index in [-0.39, 0.29) is 13.2 Å². The number of rotatable bonds is 3. The van der Waals surface area contributed by atoms with Crippen LogP contribution in [0.1, 0.15) is 20.8 Å². The van der Waals surface area contributed by atoms with Gasteiger partial charge in [0.25, 0.3) is 0 Å². The van der Waals surface area contributed by atoms with Crippen LogP contribution in [0.2, 0.25) is 0 Å². The third-order valence-electron chi connectivity index (χ3n) is 2.27. The Labute approximate surface area is 105 Å². The fourth-order valence-corrected chi connectivity index (χ4v) is 1.54. The SMILES string of the molecule is CC(C)(C)OC(=O)N1CCOC[C@H]1COC(F)F. The second kappa shape index (κ2) is 6.29. The summed E-state index contributed by atoms with van der Waals surface area (Å²) in [4.78, 5) is 13.2. The molecule has 0 saturated carbocycles. The quantitative estimate of drug-likeness (QED) is 0.783. The molecule has 0 unspecified atom stereocenters. The zero-order chi connectivity index (χ0) is 13.8. The Bertz CT molecular complexity index is 281. The van der Waals surface area contributed by atoms with Crippen molar-refractivity contribution in [1.82, 2.24) is 4.90 Å². The van der Waals surface area contributed by atoms with Gasteiger partial charge in [0.15, 0.2) is 0 Å². The average molecular weight is 267 g/mol. The van der Waals surface area contributed by atoms with Crippen molar-refractivity contribution in [1.29, 1.82) is 0 Å². The van der Waals surface area contributed by atoms with Crippen molar-refractivity contribution >= 4 is 6.09 Å². The number of amides is 1. The van der Waals surface area contributed by atoms with E-state index in [1.807, 2.05) is 0 Å². The van der Waals surface area contributed by atoms with Crippen LogP contribution in [-0.4, -0.2) is 55.6 Å². The molecule has 0 N–H and O–H groups in total. The number of halogens is 2. The molecular formula is C11H19F2NO4. The fourth-order valence-electron chi connectivity index (χ4n) is 1.54. The lowest BCUT2D eigenvalue weighted by atomic mass is 10.2. The van der Waals surface area contributed by atoms with Crippen LogP contribution < -0.4 is 0 Å². The molecule has 1 saturated heterocycles. The van der Waals surface area contributed by atoms with E-state index < -0.39 is 24.3 Å². The first-order chi connectivity index (χ1) is 8.29. The predicted octanol–water partition coefficient (Wildman–Crippen LogP) is 1.86. The lowest BCUT2D eigenvalue weighted by molar-refractivity contribution is -0.152. The predicted molar refractivity (Wildman–Crippen MR) is 59.5 cm³/mol. The topological polar surface area (TPSA) is 48.0 Å². The smallest absolute Gasteiger partial charge is 0.410 e.